The normalized spacial score (nSPS) is 13.5. The third kappa shape index (κ3) is 5.39. The summed E-state index contributed by atoms with van der Waals surface area (Å²) in [5, 5.41) is 2.69. The Morgan fingerprint density at radius 3 is 2.25 bits per heavy atom. The van der Waals surface area contributed by atoms with E-state index in [9.17, 15) is 22.4 Å². The van der Waals surface area contributed by atoms with Crippen molar-refractivity contribution in [3.8, 4) is 0 Å². The van der Waals surface area contributed by atoms with Gasteiger partial charge in [-0.2, -0.15) is 0 Å². The highest BCUT2D eigenvalue weighted by Gasteiger charge is 2.23. The molecule has 2 aromatic rings. The molecule has 2 atom stereocenters. The van der Waals surface area contributed by atoms with Crippen LogP contribution in [0.4, 0.5) is 4.39 Å². The lowest BCUT2D eigenvalue weighted by Crippen LogP contribution is -2.37. The van der Waals surface area contributed by atoms with Gasteiger partial charge in [-0.3, -0.25) is 4.79 Å². The van der Waals surface area contributed by atoms with Crippen molar-refractivity contribution in [3.63, 3.8) is 0 Å². The maximum Gasteiger partial charge on any atom is 0.339 e. The molecule has 1 amide bonds. The van der Waals surface area contributed by atoms with Crippen molar-refractivity contribution in [2.75, 3.05) is 6.26 Å². The lowest BCUT2D eigenvalue weighted by Gasteiger charge is -2.19. The first-order valence-electron chi connectivity index (χ1n) is 8.56. The zero-order valence-electron chi connectivity index (χ0n) is 16.0. The van der Waals surface area contributed by atoms with Crippen LogP contribution in [0.3, 0.4) is 0 Å². The van der Waals surface area contributed by atoms with Crippen molar-refractivity contribution in [2.45, 2.75) is 37.8 Å². The number of hydrogen-bond acceptors (Lipinski definition) is 5. The summed E-state index contributed by atoms with van der Waals surface area (Å²) in [7, 11) is -3.48. The van der Waals surface area contributed by atoms with E-state index in [0.717, 1.165) is 6.26 Å². The zero-order valence-corrected chi connectivity index (χ0v) is 16.8. The van der Waals surface area contributed by atoms with E-state index in [-0.39, 0.29) is 16.3 Å². The van der Waals surface area contributed by atoms with Gasteiger partial charge in [-0.05, 0) is 56.2 Å². The van der Waals surface area contributed by atoms with E-state index in [0.29, 0.717) is 11.1 Å². The summed E-state index contributed by atoms with van der Waals surface area (Å²) in [4.78, 5) is 24.7. The van der Waals surface area contributed by atoms with E-state index in [4.69, 9.17) is 4.74 Å². The van der Waals surface area contributed by atoms with Gasteiger partial charge in [0, 0.05) is 6.26 Å². The smallest absolute Gasteiger partial charge is 0.339 e. The van der Waals surface area contributed by atoms with Crippen LogP contribution in [0, 0.1) is 12.7 Å². The van der Waals surface area contributed by atoms with Gasteiger partial charge in [0.15, 0.2) is 15.9 Å². The lowest BCUT2D eigenvalue weighted by atomic mass is 10.1. The Labute approximate surface area is 163 Å². The SMILES string of the molecule is Cc1ccc(S(C)(=O)=O)cc1C(=O)OC(C)C(=O)NC(C)c1ccc(F)cc1. The highest BCUT2D eigenvalue weighted by atomic mass is 32.2. The largest absolute Gasteiger partial charge is 0.449 e. The van der Waals surface area contributed by atoms with Gasteiger partial charge in [0.1, 0.15) is 5.82 Å². The third-order valence-corrected chi connectivity index (χ3v) is 5.35. The Hall–Kier alpha value is -2.74. The number of aryl methyl sites for hydroxylation is 1. The van der Waals surface area contributed by atoms with Crippen molar-refractivity contribution >= 4 is 21.7 Å². The molecule has 2 unspecified atom stereocenters. The summed E-state index contributed by atoms with van der Waals surface area (Å²) < 4.78 is 41.6. The van der Waals surface area contributed by atoms with Crippen LogP contribution in [0.15, 0.2) is 47.4 Å². The first-order chi connectivity index (χ1) is 13.0. The Bertz CT molecular complexity index is 986. The van der Waals surface area contributed by atoms with Gasteiger partial charge in [0.25, 0.3) is 5.91 Å². The fraction of sp³-hybridized carbons (Fsp3) is 0.300. The fourth-order valence-electron chi connectivity index (χ4n) is 2.49. The molecular weight excluding hydrogens is 385 g/mol. The number of ether oxygens (including phenoxy) is 1. The Kier molecular flexibility index (Phi) is 6.56. The molecule has 1 N–H and O–H groups in total. The van der Waals surface area contributed by atoms with E-state index in [1.165, 1.54) is 37.3 Å². The molecule has 28 heavy (non-hydrogen) atoms. The summed E-state index contributed by atoms with van der Waals surface area (Å²) in [6.45, 7) is 4.78. The van der Waals surface area contributed by atoms with E-state index in [1.54, 1.807) is 26.0 Å². The molecule has 150 valence electrons. The predicted molar refractivity (Wildman–Crippen MR) is 102 cm³/mol. The minimum Gasteiger partial charge on any atom is -0.449 e. The second kappa shape index (κ2) is 8.52. The van der Waals surface area contributed by atoms with Crippen molar-refractivity contribution in [1.82, 2.24) is 5.32 Å². The molecule has 0 aromatic heterocycles. The number of carbonyl (C=O) groups excluding carboxylic acids is 2. The number of halogens is 1. The Balaban J connectivity index is 2.07. The number of benzene rings is 2. The van der Waals surface area contributed by atoms with E-state index in [2.05, 4.69) is 5.32 Å². The van der Waals surface area contributed by atoms with Crippen molar-refractivity contribution in [1.29, 1.82) is 0 Å². The molecule has 8 heteroatoms. The second-order valence-corrected chi connectivity index (χ2v) is 8.59. The third-order valence-electron chi connectivity index (χ3n) is 4.24. The van der Waals surface area contributed by atoms with Crippen LogP contribution < -0.4 is 5.32 Å². The Morgan fingerprint density at radius 2 is 1.68 bits per heavy atom. The van der Waals surface area contributed by atoms with Crippen LogP contribution in [0.2, 0.25) is 0 Å². The van der Waals surface area contributed by atoms with Crippen LogP contribution in [-0.4, -0.2) is 32.7 Å². The van der Waals surface area contributed by atoms with Gasteiger partial charge >= 0.3 is 5.97 Å². The minimum atomic E-state index is -3.48. The average molecular weight is 407 g/mol. The number of nitrogens with one attached hydrogen (secondary N) is 1. The maximum absolute atomic E-state index is 13.0. The summed E-state index contributed by atoms with van der Waals surface area (Å²) in [6.07, 6.45) is -0.0589. The monoisotopic (exact) mass is 407 g/mol. The van der Waals surface area contributed by atoms with Crippen LogP contribution >= 0.6 is 0 Å². The lowest BCUT2D eigenvalue weighted by molar-refractivity contribution is -0.129. The van der Waals surface area contributed by atoms with Gasteiger partial charge in [-0.25, -0.2) is 17.6 Å². The van der Waals surface area contributed by atoms with E-state index >= 15 is 0 Å². The molecule has 0 radical (unpaired) electrons. The molecule has 2 aromatic carbocycles. The van der Waals surface area contributed by atoms with Gasteiger partial charge in [-0.1, -0.05) is 18.2 Å². The number of amides is 1. The quantitative estimate of drug-likeness (QED) is 0.744. The van der Waals surface area contributed by atoms with Gasteiger partial charge < -0.3 is 10.1 Å². The summed E-state index contributed by atoms with van der Waals surface area (Å²) >= 11 is 0. The van der Waals surface area contributed by atoms with Crippen molar-refractivity contribution in [2.24, 2.45) is 0 Å². The molecule has 0 saturated carbocycles. The average Bonchev–Trinajstić information content (AvgIpc) is 2.61. The van der Waals surface area contributed by atoms with Crippen molar-refractivity contribution < 1.29 is 27.1 Å². The maximum atomic E-state index is 13.0. The van der Waals surface area contributed by atoms with Gasteiger partial charge in [-0.15, -0.1) is 0 Å². The molecule has 0 aliphatic carbocycles. The Morgan fingerprint density at radius 1 is 1.07 bits per heavy atom. The topological polar surface area (TPSA) is 89.5 Å². The van der Waals surface area contributed by atoms with Crippen LogP contribution in [0.5, 0.6) is 0 Å². The first kappa shape index (κ1) is 21.6. The van der Waals surface area contributed by atoms with Gasteiger partial charge in [0.05, 0.1) is 16.5 Å². The number of esters is 1. The van der Waals surface area contributed by atoms with E-state index in [1.807, 2.05) is 0 Å². The van der Waals surface area contributed by atoms with Crippen LogP contribution in [0.1, 0.15) is 41.4 Å². The molecule has 0 bridgehead atoms. The fourth-order valence-corrected chi connectivity index (χ4v) is 3.14. The molecular formula is C20H22FNO5S. The summed E-state index contributed by atoms with van der Waals surface area (Å²) in [6, 6.07) is 9.42. The molecule has 0 saturated heterocycles. The molecule has 6 nitrogen and oxygen atoms in total. The molecule has 0 heterocycles. The molecule has 0 spiro atoms. The predicted octanol–water partition coefficient (Wildman–Crippen LogP) is 2.96. The highest BCUT2D eigenvalue weighted by molar-refractivity contribution is 7.90. The standard InChI is InChI=1S/C20H22FNO5S/c1-12-5-10-17(28(4,25)26)11-18(12)20(24)27-14(3)19(23)22-13(2)15-6-8-16(21)9-7-15/h5-11,13-14H,1-4H3,(H,22,23). The summed E-state index contributed by atoms with van der Waals surface area (Å²) in [5.41, 5.74) is 1.31. The zero-order chi connectivity index (χ0) is 21.1. The molecule has 0 aliphatic heterocycles. The first-order valence-corrected chi connectivity index (χ1v) is 10.5. The molecule has 0 aliphatic rings. The number of sulfone groups is 1. The molecule has 2 rings (SSSR count). The number of carbonyl (C=O) groups is 2. The van der Waals surface area contributed by atoms with Gasteiger partial charge in [0.2, 0.25) is 0 Å². The van der Waals surface area contributed by atoms with E-state index < -0.39 is 33.9 Å². The minimum absolute atomic E-state index is 0.00733. The summed E-state index contributed by atoms with van der Waals surface area (Å²) in [5.74, 6) is -1.70. The van der Waals surface area contributed by atoms with Crippen molar-refractivity contribution in [3.05, 3.63) is 65.0 Å². The highest BCUT2D eigenvalue weighted by Crippen LogP contribution is 2.18. The van der Waals surface area contributed by atoms with Crippen LogP contribution in [0.25, 0.3) is 0 Å². The number of hydrogen-bond donors (Lipinski definition) is 1. The van der Waals surface area contributed by atoms with Crippen LogP contribution in [-0.2, 0) is 19.4 Å². The number of rotatable bonds is 6. The molecule has 0 fully saturated rings. The second-order valence-electron chi connectivity index (χ2n) is 6.58.